The summed E-state index contributed by atoms with van der Waals surface area (Å²) in [5, 5.41) is 9.02. The lowest BCUT2D eigenvalue weighted by molar-refractivity contribution is -0.121. The smallest absolute Gasteiger partial charge is 0.220 e. The largest absolute Gasteiger partial charge is 0.350 e. The number of thiazole rings is 1. The maximum atomic E-state index is 11.4. The van der Waals surface area contributed by atoms with Crippen LogP contribution in [0, 0.1) is 0 Å². The maximum Gasteiger partial charge on any atom is 0.220 e. The number of aromatic nitrogens is 1. The Kier molecular flexibility index (Phi) is 6.03. The van der Waals surface area contributed by atoms with Crippen LogP contribution in [0.3, 0.4) is 0 Å². The molecule has 0 aliphatic carbocycles. The summed E-state index contributed by atoms with van der Waals surface area (Å²) >= 11 is 1.65. The second kappa shape index (κ2) is 7.35. The van der Waals surface area contributed by atoms with Crippen LogP contribution in [0.25, 0.3) is 0 Å². The van der Waals surface area contributed by atoms with Gasteiger partial charge in [-0.2, -0.15) is 0 Å². The molecule has 1 aromatic rings. The Morgan fingerprint density at radius 3 is 3.00 bits per heavy atom. The van der Waals surface area contributed by atoms with Crippen molar-refractivity contribution in [2.75, 3.05) is 13.6 Å². The number of amides is 1. The van der Waals surface area contributed by atoms with Gasteiger partial charge in [-0.15, -0.1) is 11.3 Å². The van der Waals surface area contributed by atoms with E-state index >= 15 is 0 Å². The third kappa shape index (κ3) is 4.72. The molecular weight excluding hydrogens is 222 g/mol. The zero-order chi connectivity index (χ0) is 11.8. The molecule has 0 fully saturated rings. The minimum Gasteiger partial charge on any atom is -0.350 e. The summed E-state index contributed by atoms with van der Waals surface area (Å²) < 4.78 is 0. The van der Waals surface area contributed by atoms with Gasteiger partial charge >= 0.3 is 0 Å². The third-order valence-electron chi connectivity index (χ3n) is 2.20. The van der Waals surface area contributed by atoms with Crippen molar-refractivity contribution >= 4 is 17.2 Å². The Bertz CT molecular complexity index is 325. The first-order valence-corrected chi connectivity index (χ1v) is 6.48. The first-order valence-electron chi connectivity index (χ1n) is 5.60. The van der Waals surface area contributed by atoms with Gasteiger partial charge < -0.3 is 10.6 Å². The van der Waals surface area contributed by atoms with Crippen LogP contribution >= 0.6 is 11.3 Å². The van der Waals surface area contributed by atoms with E-state index < -0.39 is 0 Å². The molecule has 0 aliphatic heterocycles. The zero-order valence-electron chi connectivity index (χ0n) is 9.88. The van der Waals surface area contributed by atoms with Gasteiger partial charge in [0.2, 0.25) is 5.91 Å². The van der Waals surface area contributed by atoms with Gasteiger partial charge in [0.25, 0.3) is 0 Å². The van der Waals surface area contributed by atoms with E-state index in [1.165, 1.54) is 0 Å². The normalized spacial score (nSPS) is 10.4. The molecule has 0 saturated carbocycles. The minimum absolute atomic E-state index is 0.0984. The summed E-state index contributed by atoms with van der Waals surface area (Å²) in [5.74, 6) is 0.0984. The van der Waals surface area contributed by atoms with Gasteiger partial charge in [-0.05, 0) is 26.4 Å². The maximum absolute atomic E-state index is 11.4. The second-order valence-electron chi connectivity index (χ2n) is 3.57. The highest BCUT2D eigenvalue weighted by Crippen LogP contribution is 2.09. The van der Waals surface area contributed by atoms with Gasteiger partial charge in [-0.1, -0.05) is 6.92 Å². The van der Waals surface area contributed by atoms with Crippen LogP contribution in [-0.4, -0.2) is 24.5 Å². The highest BCUT2D eigenvalue weighted by molar-refractivity contribution is 7.09. The van der Waals surface area contributed by atoms with Gasteiger partial charge in [0.05, 0.1) is 17.2 Å². The van der Waals surface area contributed by atoms with Gasteiger partial charge in [-0.25, -0.2) is 4.98 Å². The topological polar surface area (TPSA) is 54.0 Å². The van der Waals surface area contributed by atoms with Crippen LogP contribution < -0.4 is 10.6 Å². The Balaban J connectivity index is 2.20. The molecular formula is C11H19N3OS. The summed E-state index contributed by atoms with van der Waals surface area (Å²) in [6.45, 7) is 3.51. The van der Waals surface area contributed by atoms with E-state index in [0.717, 1.165) is 30.1 Å². The lowest BCUT2D eigenvalue weighted by Gasteiger charge is -2.02. The van der Waals surface area contributed by atoms with Gasteiger partial charge in [0.1, 0.15) is 0 Å². The molecule has 0 aromatic carbocycles. The minimum atomic E-state index is 0.0984. The van der Waals surface area contributed by atoms with Crippen LogP contribution in [0.1, 0.15) is 30.5 Å². The summed E-state index contributed by atoms with van der Waals surface area (Å²) in [6.07, 6.45) is 2.41. The summed E-state index contributed by atoms with van der Waals surface area (Å²) in [5.41, 5.74) is 0.962. The van der Waals surface area contributed by atoms with Crippen LogP contribution in [-0.2, 0) is 17.8 Å². The van der Waals surface area contributed by atoms with Gasteiger partial charge in [0, 0.05) is 11.8 Å². The average Bonchev–Trinajstić information content (AvgIpc) is 2.74. The summed E-state index contributed by atoms with van der Waals surface area (Å²) in [6, 6.07) is 0. The first-order chi connectivity index (χ1) is 7.76. The molecule has 2 N–H and O–H groups in total. The summed E-state index contributed by atoms with van der Waals surface area (Å²) in [7, 11) is 1.89. The van der Waals surface area contributed by atoms with Crippen LogP contribution in [0.15, 0.2) is 5.38 Å². The van der Waals surface area contributed by atoms with E-state index in [-0.39, 0.29) is 5.91 Å². The van der Waals surface area contributed by atoms with Crippen molar-refractivity contribution in [2.45, 2.75) is 32.7 Å². The monoisotopic (exact) mass is 241 g/mol. The molecule has 0 spiro atoms. The van der Waals surface area contributed by atoms with E-state index in [1.807, 2.05) is 12.4 Å². The number of carbonyl (C=O) groups excluding carboxylic acids is 1. The van der Waals surface area contributed by atoms with E-state index in [4.69, 9.17) is 0 Å². The molecule has 4 nitrogen and oxygen atoms in total. The number of nitrogens with zero attached hydrogens (tertiary/aromatic N) is 1. The van der Waals surface area contributed by atoms with Crippen LogP contribution in [0.4, 0.5) is 0 Å². The average molecular weight is 241 g/mol. The number of aryl methyl sites for hydroxylation is 1. The van der Waals surface area contributed by atoms with Crippen molar-refractivity contribution in [1.29, 1.82) is 0 Å². The number of hydrogen-bond acceptors (Lipinski definition) is 4. The molecule has 0 unspecified atom stereocenters. The Morgan fingerprint density at radius 2 is 2.38 bits per heavy atom. The Labute approximate surface area is 100 Å². The fourth-order valence-electron chi connectivity index (χ4n) is 1.30. The van der Waals surface area contributed by atoms with E-state index in [9.17, 15) is 4.79 Å². The predicted molar refractivity (Wildman–Crippen MR) is 66.5 cm³/mol. The lowest BCUT2D eigenvalue weighted by atomic mass is 10.3. The molecule has 5 heteroatoms. The molecule has 1 rings (SSSR count). The predicted octanol–water partition coefficient (Wildman–Crippen LogP) is 1.32. The number of carbonyl (C=O) groups is 1. The molecule has 0 atom stereocenters. The molecule has 0 aliphatic rings. The van der Waals surface area contributed by atoms with E-state index in [1.54, 1.807) is 11.3 Å². The van der Waals surface area contributed by atoms with Crippen LogP contribution in [0.2, 0.25) is 0 Å². The molecule has 1 heterocycles. The molecule has 16 heavy (non-hydrogen) atoms. The quantitative estimate of drug-likeness (QED) is 0.708. The van der Waals surface area contributed by atoms with Crippen molar-refractivity contribution < 1.29 is 4.79 Å². The molecule has 0 bridgehead atoms. The number of hydrogen-bond donors (Lipinski definition) is 2. The Hall–Kier alpha value is -0.940. The second-order valence-corrected chi connectivity index (χ2v) is 4.51. The van der Waals surface area contributed by atoms with Crippen LogP contribution in [0.5, 0.6) is 0 Å². The lowest BCUT2D eigenvalue weighted by Crippen LogP contribution is -2.23. The SMILES string of the molecule is CCc1nc(CNC(=O)CCCNC)cs1. The standard InChI is InChI=1S/C11H19N3OS/c1-3-11-14-9(8-16-11)7-13-10(15)5-4-6-12-2/h8,12H,3-7H2,1-2H3,(H,13,15). The van der Waals surface area contributed by atoms with Crippen molar-refractivity contribution in [3.8, 4) is 0 Å². The van der Waals surface area contributed by atoms with E-state index in [0.29, 0.717) is 13.0 Å². The van der Waals surface area contributed by atoms with Gasteiger partial charge in [0.15, 0.2) is 0 Å². The van der Waals surface area contributed by atoms with Crippen molar-refractivity contribution in [3.05, 3.63) is 16.1 Å². The first kappa shape index (κ1) is 13.1. The third-order valence-corrected chi connectivity index (χ3v) is 3.24. The highest BCUT2D eigenvalue weighted by Gasteiger charge is 2.03. The van der Waals surface area contributed by atoms with Crippen molar-refractivity contribution in [1.82, 2.24) is 15.6 Å². The van der Waals surface area contributed by atoms with Crippen molar-refractivity contribution in [2.24, 2.45) is 0 Å². The zero-order valence-corrected chi connectivity index (χ0v) is 10.7. The fourth-order valence-corrected chi connectivity index (χ4v) is 2.04. The molecule has 0 radical (unpaired) electrons. The molecule has 1 amide bonds. The van der Waals surface area contributed by atoms with Gasteiger partial charge in [-0.3, -0.25) is 4.79 Å². The fraction of sp³-hybridized carbons (Fsp3) is 0.636. The molecule has 1 aromatic heterocycles. The number of nitrogens with one attached hydrogen (secondary N) is 2. The van der Waals surface area contributed by atoms with Crippen molar-refractivity contribution in [3.63, 3.8) is 0 Å². The Morgan fingerprint density at radius 1 is 1.56 bits per heavy atom. The summed E-state index contributed by atoms with van der Waals surface area (Å²) in [4.78, 5) is 15.8. The number of rotatable bonds is 7. The molecule has 90 valence electrons. The highest BCUT2D eigenvalue weighted by atomic mass is 32.1. The van der Waals surface area contributed by atoms with E-state index in [2.05, 4.69) is 22.5 Å². The molecule has 0 saturated heterocycles.